The van der Waals surface area contributed by atoms with Crippen molar-refractivity contribution in [2.45, 2.75) is 77.2 Å². The number of ether oxygens (including phenoxy) is 1. The van der Waals surface area contributed by atoms with Crippen LogP contribution in [-0.2, 0) is 9.16 Å². The van der Waals surface area contributed by atoms with Gasteiger partial charge in [0.2, 0.25) is 0 Å². The molecule has 1 unspecified atom stereocenters. The fourth-order valence-electron chi connectivity index (χ4n) is 2.95. The van der Waals surface area contributed by atoms with Crippen molar-refractivity contribution in [3.63, 3.8) is 0 Å². The van der Waals surface area contributed by atoms with Crippen LogP contribution >= 0.6 is 0 Å². The lowest BCUT2D eigenvalue weighted by molar-refractivity contribution is -0.0298. The topological polar surface area (TPSA) is 62.1 Å². The highest BCUT2D eigenvalue weighted by molar-refractivity contribution is 6.74. The van der Waals surface area contributed by atoms with E-state index in [1.54, 1.807) is 12.7 Å². The summed E-state index contributed by atoms with van der Waals surface area (Å²) in [5.41, 5.74) is 2.24. The molecule has 0 saturated carbocycles. The molecule has 0 N–H and O–H groups in total. The smallest absolute Gasteiger partial charge is 0.191 e. The summed E-state index contributed by atoms with van der Waals surface area (Å²) in [7, 11) is -1.67. The average molecular weight is 401 g/mol. The SMILES string of the molecule is CC(C)(C)[Si](C)(C)OCCCC#Cc1ncnc2c1ncn2C1CCCCO1. The molecule has 3 rings (SSSR count). The zero-order valence-electron chi connectivity index (χ0n) is 17.8. The number of aromatic nitrogens is 4. The molecule has 0 aliphatic carbocycles. The van der Waals surface area contributed by atoms with Crippen molar-refractivity contribution in [2.24, 2.45) is 0 Å². The number of unbranched alkanes of at least 4 members (excludes halogenated alkanes) is 1. The van der Waals surface area contributed by atoms with Gasteiger partial charge in [-0.05, 0) is 49.7 Å². The first-order valence-electron chi connectivity index (χ1n) is 10.2. The Labute approximate surface area is 169 Å². The van der Waals surface area contributed by atoms with Crippen LogP contribution in [0.4, 0.5) is 0 Å². The molecule has 3 heterocycles. The molecular formula is C21H32N4O2Si. The molecule has 1 fully saturated rings. The Balaban J connectivity index is 1.60. The van der Waals surface area contributed by atoms with E-state index >= 15 is 0 Å². The highest BCUT2D eigenvalue weighted by Crippen LogP contribution is 2.36. The average Bonchev–Trinajstić information content (AvgIpc) is 3.09. The van der Waals surface area contributed by atoms with E-state index in [2.05, 4.69) is 60.7 Å². The lowest BCUT2D eigenvalue weighted by Gasteiger charge is -2.36. The maximum atomic E-state index is 6.20. The molecule has 0 bridgehead atoms. The first kappa shape index (κ1) is 21.0. The van der Waals surface area contributed by atoms with Crippen LogP contribution in [0.5, 0.6) is 0 Å². The van der Waals surface area contributed by atoms with Crippen LogP contribution in [0.15, 0.2) is 12.7 Å². The molecule has 0 radical (unpaired) electrons. The van der Waals surface area contributed by atoms with E-state index in [1.807, 2.05) is 4.57 Å². The van der Waals surface area contributed by atoms with Crippen molar-refractivity contribution in [3.8, 4) is 11.8 Å². The molecule has 0 spiro atoms. The van der Waals surface area contributed by atoms with Crippen molar-refractivity contribution in [2.75, 3.05) is 13.2 Å². The maximum absolute atomic E-state index is 6.20. The first-order chi connectivity index (χ1) is 13.3. The predicted molar refractivity (Wildman–Crippen MR) is 113 cm³/mol. The highest BCUT2D eigenvalue weighted by Gasteiger charge is 2.36. The Bertz CT molecular complexity index is 855. The first-order valence-corrected chi connectivity index (χ1v) is 13.1. The maximum Gasteiger partial charge on any atom is 0.191 e. The van der Waals surface area contributed by atoms with E-state index in [1.165, 1.54) is 6.42 Å². The number of imidazole rings is 1. The van der Waals surface area contributed by atoms with Gasteiger partial charge in [-0.1, -0.05) is 26.7 Å². The predicted octanol–water partition coefficient (Wildman–Crippen LogP) is 4.68. The van der Waals surface area contributed by atoms with E-state index in [9.17, 15) is 0 Å². The minimum absolute atomic E-state index is 0.0157. The van der Waals surface area contributed by atoms with Gasteiger partial charge in [-0.2, -0.15) is 0 Å². The van der Waals surface area contributed by atoms with Crippen LogP contribution in [0, 0.1) is 11.8 Å². The molecule has 0 aromatic carbocycles. The van der Waals surface area contributed by atoms with Gasteiger partial charge in [0.25, 0.3) is 0 Å². The van der Waals surface area contributed by atoms with Gasteiger partial charge in [0.1, 0.15) is 23.8 Å². The third-order valence-corrected chi connectivity index (χ3v) is 10.3. The lowest BCUT2D eigenvalue weighted by atomic mass is 10.2. The minimum Gasteiger partial charge on any atom is -0.417 e. The van der Waals surface area contributed by atoms with E-state index < -0.39 is 8.32 Å². The van der Waals surface area contributed by atoms with Crippen LogP contribution in [0.25, 0.3) is 11.2 Å². The summed E-state index contributed by atoms with van der Waals surface area (Å²) in [6, 6.07) is 0. The van der Waals surface area contributed by atoms with Crippen molar-refractivity contribution in [3.05, 3.63) is 18.3 Å². The number of hydrogen-bond donors (Lipinski definition) is 0. The number of nitrogens with zero attached hydrogens (tertiary/aromatic N) is 4. The third kappa shape index (κ3) is 4.80. The van der Waals surface area contributed by atoms with E-state index in [4.69, 9.17) is 9.16 Å². The molecule has 0 amide bonds. The van der Waals surface area contributed by atoms with Crippen LogP contribution in [-0.4, -0.2) is 41.1 Å². The molecule has 152 valence electrons. The summed E-state index contributed by atoms with van der Waals surface area (Å²) in [5, 5.41) is 0.242. The summed E-state index contributed by atoms with van der Waals surface area (Å²) < 4.78 is 14.1. The summed E-state index contributed by atoms with van der Waals surface area (Å²) in [4.78, 5) is 13.2. The summed E-state index contributed by atoms with van der Waals surface area (Å²) in [5.74, 6) is 6.39. The molecule has 2 aromatic rings. The van der Waals surface area contributed by atoms with Gasteiger partial charge in [-0.3, -0.25) is 4.57 Å². The molecule has 6 nitrogen and oxygen atoms in total. The van der Waals surface area contributed by atoms with Crippen LogP contribution in [0.3, 0.4) is 0 Å². The number of hydrogen-bond acceptors (Lipinski definition) is 5. The Morgan fingerprint density at radius 3 is 2.79 bits per heavy atom. The van der Waals surface area contributed by atoms with E-state index in [-0.39, 0.29) is 11.3 Å². The van der Waals surface area contributed by atoms with Gasteiger partial charge in [-0.15, -0.1) is 0 Å². The molecule has 28 heavy (non-hydrogen) atoms. The molecule has 1 aliphatic heterocycles. The van der Waals surface area contributed by atoms with E-state index in [0.29, 0.717) is 5.69 Å². The summed E-state index contributed by atoms with van der Waals surface area (Å²) in [6.45, 7) is 12.9. The molecule has 1 aliphatic rings. The molecule has 1 atom stereocenters. The molecule has 7 heteroatoms. The van der Waals surface area contributed by atoms with E-state index in [0.717, 1.165) is 50.1 Å². The van der Waals surface area contributed by atoms with Crippen molar-refractivity contribution in [1.82, 2.24) is 19.5 Å². The van der Waals surface area contributed by atoms with Gasteiger partial charge in [0.05, 0.1) is 6.33 Å². The Kier molecular flexibility index (Phi) is 6.53. The van der Waals surface area contributed by atoms with Crippen LogP contribution in [0.2, 0.25) is 18.1 Å². The Hall–Kier alpha value is -1.75. The zero-order valence-corrected chi connectivity index (χ0v) is 18.8. The van der Waals surface area contributed by atoms with Crippen molar-refractivity contribution >= 4 is 19.5 Å². The van der Waals surface area contributed by atoms with Gasteiger partial charge in [-0.25, -0.2) is 15.0 Å². The number of fused-ring (bicyclic) bond motifs is 1. The van der Waals surface area contributed by atoms with Crippen LogP contribution in [0.1, 0.15) is 64.8 Å². The fourth-order valence-corrected chi connectivity index (χ4v) is 4.04. The van der Waals surface area contributed by atoms with Crippen molar-refractivity contribution < 1.29 is 9.16 Å². The largest absolute Gasteiger partial charge is 0.417 e. The molecular weight excluding hydrogens is 368 g/mol. The highest BCUT2D eigenvalue weighted by atomic mass is 28.4. The quantitative estimate of drug-likeness (QED) is 0.414. The number of rotatable bonds is 5. The summed E-state index contributed by atoms with van der Waals surface area (Å²) >= 11 is 0. The monoisotopic (exact) mass is 400 g/mol. The second kappa shape index (κ2) is 8.72. The Morgan fingerprint density at radius 2 is 2.07 bits per heavy atom. The zero-order chi connectivity index (χ0) is 20.2. The van der Waals surface area contributed by atoms with Crippen LogP contribution < -0.4 is 0 Å². The fraction of sp³-hybridized carbons (Fsp3) is 0.667. The lowest BCUT2D eigenvalue weighted by Crippen LogP contribution is -2.40. The van der Waals surface area contributed by atoms with Gasteiger partial charge in [0, 0.05) is 19.6 Å². The van der Waals surface area contributed by atoms with Gasteiger partial charge in [0.15, 0.2) is 14.0 Å². The minimum atomic E-state index is -1.67. The van der Waals surface area contributed by atoms with Gasteiger partial charge < -0.3 is 9.16 Å². The third-order valence-electron chi connectivity index (χ3n) is 5.75. The van der Waals surface area contributed by atoms with Crippen molar-refractivity contribution in [1.29, 1.82) is 0 Å². The molecule has 2 aromatic heterocycles. The standard InChI is InChI=1S/C21H32N4O2Si/c1-21(2,3)28(4,5)27-14-9-6-7-11-17-19-20(23-15-22-17)25(16-24-19)18-12-8-10-13-26-18/h15-16,18H,6,8-10,12-14H2,1-5H3. The van der Waals surface area contributed by atoms with Gasteiger partial charge >= 0.3 is 0 Å². The summed E-state index contributed by atoms with van der Waals surface area (Å²) in [6.07, 6.45) is 8.37. The second-order valence-corrected chi connectivity index (χ2v) is 13.7. The normalized spacial score (nSPS) is 18.1. The molecule has 1 saturated heterocycles. The Morgan fingerprint density at radius 1 is 1.25 bits per heavy atom. The second-order valence-electron chi connectivity index (χ2n) is 8.88.